The number of ether oxygens (including phenoxy) is 3. The highest BCUT2D eigenvalue weighted by atomic mass is 16.5. The molecule has 0 amide bonds. The van der Waals surface area contributed by atoms with Crippen molar-refractivity contribution in [1.29, 1.82) is 0 Å². The minimum Gasteiger partial charge on any atom is -0.462 e. The average molecular weight is 350 g/mol. The van der Waals surface area contributed by atoms with Gasteiger partial charge in [-0.1, -0.05) is 38.8 Å². The van der Waals surface area contributed by atoms with Gasteiger partial charge in [0.25, 0.3) is 0 Å². The maximum Gasteiger partial charge on any atom is 0.339 e. The Hall–Kier alpha value is -1.88. The largest absolute Gasteiger partial charge is 0.462 e. The van der Waals surface area contributed by atoms with Crippen LogP contribution in [0.2, 0.25) is 0 Å². The summed E-state index contributed by atoms with van der Waals surface area (Å²) in [5.74, 6) is -0.552. The number of rotatable bonds is 12. The zero-order chi connectivity index (χ0) is 18.5. The average Bonchev–Trinajstić information content (AvgIpc) is 2.63. The van der Waals surface area contributed by atoms with Gasteiger partial charge >= 0.3 is 11.9 Å². The van der Waals surface area contributed by atoms with Crippen LogP contribution in [0, 0.1) is 5.92 Å². The van der Waals surface area contributed by atoms with E-state index in [1.54, 1.807) is 31.4 Å². The van der Waals surface area contributed by atoms with Gasteiger partial charge in [-0.05, 0) is 37.3 Å². The SMILES string of the molecule is CCCCCOC(=O)c1ccccc1C(=O)OCCC(C)CCOC. The molecular weight excluding hydrogens is 320 g/mol. The topological polar surface area (TPSA) is 61.8 Å². The fourth-order valence-corrected chi connectivity index (χ4v) is 2.33. The molecule has 0 saturated heterocycles. The monoisotopic (exact) mass is 350 g/mol. The first-order valence-corrected chi connectivity index (χ1v) is 9.02. The highest BCUT2D eigenvalue weighted by Crippen LogP contribution is 2.14. The van der Waals surface area contributed by atoms with Crippen molar-refractivity contribution in [2.45, 2.75) is 46.0 Å². The molecule has 0 radical (unpaired) electrons. The van der Waals surface area contributed by atoms with Crippen LogP contribution < -0.4 is 0 Å². The minimum absolute atomic E-state index is 0.257. The van der Waals surface area contributed by atoms with Crippen molar-refractivity contribution in [3.05, 3.63) is 35.4 Å². The number of esters is 2. The summed E-state index contributed by atoms with van der Waals surface area (Å²) in [6.07, 6.45) is 4.59. The molecule has 1 rings (SSSR count). The van der Waals surface area contributed by atoms with Gasteiger partial charge in [0.1, 0.15) is 0 Å². The molecule has 0 heterocycles. The van der Waals surface area contributed by atoms with E-state index in [1.807, 2.05) is 0 Å². The molecule has 25 heavy (non-hydrogen) atoms. The Balaban J connectivity index is 2.54. The van der Waals surface area contributed by atoms with E-state index >= 15 is 0 Å². The van der Waals surface area contributed by atoms with Crippen LogP contribution in [0.3, 0.4) is 0 Å². The Labute approximate surface area is 150 Å². The van der Waals surface area contributed by atoms with Gasteiger partial charge in [-0.25, -0.2) is 9.59 Å². The molecule has 0 aliphatic heterocycles. The molecule has 1 aromatic rings. The zero-order valence-corrected chi connectivity index (χ0v) is 15.6. The van der Waals surface area contributed by atoms with Crippen LogP contribution in [-0.4, -0.2) is 38.9 Å². The second-order valence-electron chi connectivity index (χ2n) is 6.20. The predicted molar refractivity (Wildman–Crippen MR) is 96.8 cm³/mol. The van der Waals surface area contributed by atoms with Gasteiger partial charge < -0.3 is 14.2 Å². The predicted octanol–water partition coefficient (Wildman–Crippen LogP) is 4.25. The molecule has 5 nitrogen and oxygen atoms in total. The first-order valence-electron chi connectivity index (χ1n) is 9.02. The Morgan fingerprint density at radius 2 is 1.48 bits per heavy atom. The minimum atomic E-state index is -0.486. The van der Waals surface area contributed by atoms with Crippen molar-refractivity contribution in [2.75, 3.05) is 26.9 Å². The van der Waals surface area contributed by atoms with Crippen LogP contribution >= 0.6 is 0 Å². The Bertz CT molecular complexity index is 527. The first-order chi connectivity index (χ1) is 12.1. The molecule has 0 aliphatic rings. The molecule has 140 valence electrons. The highest BCUT2D eigenvalue weighted by Gasteiger charge is 2.19. The second kappa shape index (κ2) is 12.5. The van der Waals surface area contributed by atoms with Gasteiger partial charge in [0, 0.05) is 13.7 Å². The summed E-state index contributed by atoms with van der Waals surface area (Å²) in [6, 6.07) is 6.62. The van der Waals surface area contributed by atoms with E-state index in [0.29, 0.717) is 25.7 Å². The Kier molecular flexibility index (Phi) is 10.6. The van der Waals surface area contributed by atoms with E-state index in [1.165, 1.54) is 0 Å². The Morgan fingerprint density at radius 3 is 2.04 bits per heavy atom. The summed E-state index contributed by atoms with van der Waals surface area (Å²) in [6.45, 7) is 5.57. The van der Waals surface area contributed by atoms with E-state index in [2.05, 4.69) is 13.8 Å². The van der Waals surface area contributed by atoms with Crippen LogP contribution in [0.25, 0.3) is 0 Å². The van der Waals surface area contributed by atoms with Gasteiger partial charge in [0.15, 0.2) is 0 Å². The lowest BCUT2D eigenvalue weighted by molar-refractivity contribution is 0.0440. The number of unbranched alkanes of at least 4 members (excludes halogenated alkanes) is 2. The molecule has 0 saturated carbocycles. The van der Waals surface area contributed by atoms with Crippen molar-refractivity contribution >= 4 is 11.9 Å². The van der Waals surface area contributed by atoms with Gasteiger partial charge in [-0.2, -0.15) is 0 Å². The number of methoxy groups -OCH3 is 1. The van der Waals surface area contributed by atoms with Crippen molar-refractivity contribution < 1.29 is 23.8 Å². The molecule has 1 aromatic carbocycles. The fourth-order valence-electron chi connectivity index (χ4n) is 2.33. The quantitative estimate of drug-likeness (QED) is 0.416. The molecule has 0 bridgehead atoms. The third-order valence-electron chi connectivity index (χ3n) is 4.01. The van der Waals surface area contributed by atoms with Crippen molar-refractivity contribution in [3.8, 4) is 0 Å². The van der Waals surface area contributed by atoms with Crippen molar-refractivity contribution in [3.63, 3.8) is 0 Å². The molecule has 0 aliphatic carbocycles. The van der Waals surface area contributed by atoms with E-state index < -0.39 is 11.9 Å². The van der Waals surface area contributed by atoms with Crippen LogP contribution in [0.15, 0.2) is 24.3 Å². The van der Waals surface area contributed by atoms with Gasteiger partial charge in [-0.3, -0.25) is 0 Å². The maximum atomic E-state index is 12.3. The standard InChI is InChI=1S/C20H30O5/c1-4-5-8-13-24-19(21)17-9-6-7-10-18(17)20(22)25-15-12-16(2)11-14-23-3/h6-7,9-10,16H,4-5,8,11-15H2,1-3H3. The summed E-state index contributed by atoms with van der Waals surface area (Å²) in [7, 11) is 1.67. The molecule has 1 unspecified atom stereocenters. The van der Waals surface area contributed by atoms with Gasteiger partial charge in [0.2, 0.25) is 0 Å². The molecule has 1 atom stereocenters. The van der Waals surface area contributed by atoms with Crippen LogP contribution in [0.5, 0.6) is 0 Å². The summed E-state index contributed by atoms with van der Waals surface area (Å²) in [4.78, 5) is 24.5. The van der Waals surface area contributed by atoms with Crippen molar-refractivity contribution in [2.24, 2.45) is 5.92 Å². The number of benzene rings is 1. The molecule has 0 aromatic heterocycles. The van der Waals surface area contributed by atoms with Crippen LogP contribution in [-0.2, 0) is 14.2 Å². The normalized spacial score (nSPS) is 11.8. The highest BCUT2D eigenvalue weighted by molar-refractivity contribution is 6.03. The third-order valence-corrected chi connectivity index (χ3v) is 4.01. The lowest BCUT2D eigenvalue weighted by atomic mass is 10.1. The third kappa shape index (κ3) is 8.16. The number of hydrogen-bond acceptors (Lipinski definition) is 5. The second-order valence-corrected chi connectivity index (χ2v) is 6.20. The molecular formula is C20H30O5. The number of carbonyl (C=O) groups excluding carboxylic acids is 2. The van der Waals surface area contributed by atoms with E-state index in [-0.39, 0.29) is 11.1 Å². The molecule has 5 heteroatoms. The van der Waals surface area contributed by atoms with Gasteiger partial charge in [0.05, 0.1) is 24.3 Å². The van der Waals surface area contributed by atoms with Crippen molar-refractivity contribution in [1.82, 2.24) is 0 Å². The first kappa shape index (κ1) is 21.2. The molecule has 0 spiro atoms. The van der Waals surface area contributed by atoms with E-state index in [0.717, 1.165) is 32.1 Å². The summed E-state index contributed by atoms with van der Waals surface area (Å²) in [5, 5.41) is 0. The van der Waals surface area contributed by atoms with Gasteiger partial charge in [-0.15, -0.1) is 0 Å². The molecule has 0 N–H and O–H groups in total. The van der Waals surface area contributed by atoms with Crippen LogP contribution in [0.1, 0.15) is 66.7 Å². The zero-order valence-electron chi connectivity index (χ0n) is 15.6. The smallest absolute Gasteiger partial charge is 0.339 e. The van der Waals surface area contributed by atoms with Crippen LogP contribution in [0.4, 0.5) is 0 Å². The number of hydrogen-bond donors (Lipinski definition) is 0. The van der Waals surface area contributed by atoms with E-state index in [4.69, 9.17) is 14.2 Å². The van der Waals surface area contributed by atoms with E-state index in [9.17, 15) is 9.59 Å². The maximum absolute atomic E-state index is 12.3. The summed E-state index contributed by atoms with van der Waals surface area (Å²) >= 11 is 0. The molecule has 0 fully saturated rings. The lowest BCUT2D eigenvalue weighted by Gasteiger charge is -2.12. The Morgan fingerprint density at radius 1 is 0.920 bits per heavy atom. The summed E-state index contributed by atoms with van der Waals surface area (Å²) < 4.78 is 15.6. The lowest BCUT2D eigenvalue weighted by Crippen LogP contribution is -2.15. The summed E-state index contributed by atoms with van der Waals surface area (Å²) in [5.41, 5.74) is 0.518. The number of carbonyl (C=O) groups is 2. The fraction of sp³-hybridized carbons (Fsp3) is 0.600.